The molecule has 0 aromatic carbocycles. The highest BCUT2D eigenvalue weighted by atomic mass is 16.5. The Hall–Kier alpha value is -1.52. The molecule has 0 fully saturated rings. The molecule has 14 heavy (non-hydrogen) atoms. The van der Waals surface area contributed by atoms with Crippen LogP contribution < -0.4 is 4.74 Å². The summed E-state index contributed by atoms with van der Waals surface area (Å²) < 4.78 is 6.75. The maximum absolute atomic E-state index is 10.4. The summed E-state index contributed by atoms with van der Waals surface area (Å²) in [7, 11) is 3.33. The minimum absolute atomic E-state index is 0.100. The Balaban J connectivity index is 2.88. The molecular weight excluding hydrogens is 184 g/mol. The molecule has 0 atom stereocenters. The Labute approximate surface area is 82.3 Å². The first-order valence-electron chi connectivity index (χ1n) is 4.34. The molecule has 5 heteroatoms. The van der Waals surface area contributed by atoms with Crippen molar-refractivity contribution in [1.82, 2.24) is 9.78 Å². The Morgan fingerprint density at radius 1 is 1.64 bits per heavy atom. The van der Waals surface area contributed by atoms with Gasteiger partial charge in [0.1, 0.15) is 0 Å². The molecule has 1 N–H and O–H groups in total. The van der Waals surface area contributed by atoms with Gasteiger partial charge in [0.15, 0.2) is 0 Å². The van der Waals surface area contributed by atoms with Gasteiger partial charge in [-0.2, -0.15) is 5.10 Å². The number of methoxy groups -OCH3 is 1. The highest BCUT2D eigenvalue weighted by Gasteiger charge is 2.14. The maximum Gasteiger partial charge on any atom is 0.303 e. The maximum atomic E-state index is 10.4. The first kappa shape index (κ1) is 10.6. The minimum Gasteiger partial charge on any atom is -0.481 e. The van der Waals surface area contributed by atoms with Crippen molar-refractivity contribution in [3.8, 4) is 5.88 Å². The number of aryl methyl sites for hydroxylation is 2. The average molecular weight is 198 g/mol. The van der Waals surface area contributed by atoms with Crippen molar-refractivity contribution in [2.45, 2.75) is 19.8 Å². The number of carboxylic acids is 1. The first-order chi connectivity index (χ1) is 6.56. The molecule has 1 aromatic rings. The molecule has 0 unspecified atom stereocenters. The lowest BCUT2D eigenvalue weighted by Gasteiger charge is -2.02. The predicted molar refractivity (Wildman–Crippen MR) is 50.5 cm³/mol. The van der Waals surface area contributed by atoms with Gasteiger partial charge in [-0.25, -0.2) is 4.68 Å². The number of carbonyl (C=O) groups is 1. The summed E-state index contributed by atoms with van der Waals surface area (Å²) in [5.74, 6) is -0.168. The molecule has 78 valence electrons. The largest absolute Gasteiger partial charge is 0.481 e. The zero-order valence-corrected chi connectivity index (χ0v) is 8.57. The predicted octanol–water partition coefficient (Wildman–Crippen LogP) is 0.754. The summed E-state index contributed by atoms with van der Waals surface area (Å²) in [6.07, 6.45) is 0.557. The van der Waals surface area contributed by atoms with E-state index in [1.54, 1.807) is 18.8 Å². The Kier molecular flexibility index (Phi) is 3.11. The Morgan fingerprint density at radius 3 is 2.79 bits per heavy atom. The second-order valence-corrected chi connectivity index (χ2v) is 3.09. The number of nitrogens with zero attached hydrogens (tertiary/aromatic N) is 2. The number of ether oxygens (including phenoxy) is 1. The van der Waals surface area contributed by atoms with Crippen molar-refractivity contribution >= 4 is 5.97 Å². The van der Waals surface area contributed by atoms with Crippen molar-refractivity contribution in [2.75, 3.05) is 7.11 Å². The smallest absolute Gasteiger partial charge is 0.303 e. The van der Waals surface area contributed by atoms with Gasteiger partial charge in [-0.15, -0.1) is 0 Å². The van der Waals surface area contributed by atoms with E-state index in [4.69, 9.17) is 9.84 Å². The zero-order chi connectivity index (χ0) is 10.7. The number of carboxylic acid groups (broad SMARTS) is 1. The second-order valence-electron chi connectivity index (χ2n) is 3.09. The zero-order valence-electron chi connectivity index (χ0n) is 8.57. The summed E-state index contributed by atoms with van der Waals surface area (Å²) >= 11 is 0. The van der Waals surface area contributed by atoms with Gasteiger partial charge in [0.25, 0.3) is 0 Å². The van der Waals surface area contributed by atoms with E-state index in [0.29, 0.717) is 12.3 Å². The molecule has 0 aliphatic heterocycles. The van der Waals surface area contributed by atoms with Gasteiger partial charge < -0.3 is 9.84 Å². The van der Waals surface area contributed by atoms with Crippen LogP contribution in [0, 0.1) is 6.92 Å². The standard InChI is InChI=1S/C9H14N2O3/c1-6-7(4-5-8(12)13)9(14-3)11(2)10-6/h4-5H2,1-3H3,(H,12,13). The lowest BCUT2D eigenvalue weighted by atomic mass is 10.1. The fraction of sp³-hybridized carbons (Fsp3) is 0.556. The van der Waals surface area contributed by atoms with Crippen LogP contribution in [-0.4, -0.2) is 28.0 Å². The fourth-order valence-corrected chi connectivity index (χ4v) is 1.46. The van der Waals surface area contributed by atoms with Gasteiger partial charge in [0.05, 0.1) is 12.8 Å². The van der Waals surface area contributed by atoms with E-state index in [1.807, 2.05) is 6.92 Å². The van der Waals surface area contributed by atoms with E-state index < -0.39 is 5.97 Å². The summed E-state index contributed by atoms with van der Waals surface area (Å²) in [5, 5.41) is 12.7. The van der Waals surface area contributed by atoms with Crippen molar-refractivity contribution in [3.63, 3.8) is 0 Å². The molecule has 0 aliphatic carbocycles. The van der Waals surface area contributed by atoms with Crippen molar-refractivity contribution in [2.24, 2.45) is 7.05 Å². The summed E-state index contributed by atoms with van der Waals surface area (Å²) in [4.78, 5) is 10.4. The molecule has 0 bridgehead atoms. The van der Waals surface area contributed by atoms with Crippen molar-refractivity contribution < 1.29 is 14.6 Å². The molecule has 1 aromatic heterocycles. The molecule has 1 rings (SSSR count). The molecular formula is C9H14N2O3. The molecule has 0 spiro atoms. The van der Waals surface area contributed by atoms with Gasteiger partial charge in [-0.1, -0.05) is 0 Å². The van der Waals surface area contributed by atoms with Gasteiger partial charge in [-0.05, 0) is 13.3 Å². The van der Waals surface area contributed by atoms with Gasteiger partial charge in [0.2, 0.25) is 5.88 Å². The van der Waals surface area contributed by atoms with Crippen LogP contribution in [0.1, 0.15) is 17.7 Å². The third-order valence-corrected chi connectivity index (χ3v) is 2.07. The fourth-order valence-electron chi connectivity index (χ4n) is 1.46. The van der Waals surface area contributed by atoms with Gasteiger partial charge in [-0.3, -0.25) is 4.79 Å². The summed E-state index contributed by atoms with van der Waals surface area (Å²) in [5.41, 5.74) is 1.70. The van der Waals surface area contributed by atoms with E-state index in [2.05, 4.69) is 5.10 Å². The quantitative estimate of drug-likeness (QED) is 0.775. The van der Waals surface area contributed by atoms with Crippen LogP contribution in [0.2, 0.25) is 0 Å². The highest BCUT2D eigenvalue weighted by Crippen LogP contribution is 2.22. The molecule has 5 nitrogen and oxygen atoms in total. The molecule has 0 saturated heterocycles. The van der Waals surface area contributed by atoms with E-state index in [-0.39, 0.29) is 6.42 Å². The van der Waals surface area contributed by atoms with Crippen molar-refractivity contribution in [3.05, 3.63) is 11.3 Å². The van der Waals surface area contributed by atoms with Crippen LogP contribution in [0.5, 0.6) is 5.88 Å². The number of hydrogen-bond acceptors (Lipinski definition) is 3. The van der Waals surface area contributed by atoms with Crippen LogP contribution >= 0.6 is 0 Å². The first-order valence-corrected chi connectivity index (χ1v) is 4.34. The SMILES string of the molecule is COc1c(CCC(=O)O)c(C)nn1C. The Bertz CT molecular complexity index is 344. The number of rotatable bonds is 4. The highest BCUT2D eigenvalue weighted by molar-refractivity contribution is 5.67. The third kappa shape index (κ3) is 2.04. The molecule has 0 saturated carbocycles. The Morgan fingerprint density at radius 2 is 2.29 bits per heavy atom. The van der Waals surface area contributed by atoms with E-state index >= 15 is 0 Å². The van der Waals surface area contributed by atoms with E-state index in [1.165, 1.54) is 0 Å². The van der Waals surface area contributed by atoms with E-state index in [9.17, 15) is 4.79 Å². The molecule has 0 radical (unpaired) electrons. The van der Waals surface area contributed by atoms with E-state index in [0.717, 1.165) is 11.3 Å². The van der Waals surface area contributed by atoms with Crippen LogP contribution in [0.3, 0.4) is 0 Å². The lowest BCUT2D eigenvalue weighted by molar-refractivity contribution is -0.136. The molecule has 0 aliphatic rings. The summed E-state index contributed by atoms with van der Waals surface area (Å²) in [6.45, 7) is 1.85. The van der Waals surface area contributed by atoms with Crippen molar-refractivity contribution in [1.29, 1.82) is 0 Å². The molecule has 0 amide bonds. The number of aromatic nitrogens is 2. The van der Waals surface area contributed by atoms with Crippen LogP contribution in [0.25, 0.3) is 0 Å². The number of hydrogen-bond donors (Lipinski definition) is 1. The van der Waals surface area contributed by atoms with Crippen LogP contribution in [0.4, 0.5) is 0 Å². The topological polar surface area (TPSA) is 64.3 Å². The monoisotopic (exact) mass is 198 g/mol. The normalized spacial score (nSPS) is 10.2. The van der Waals surface area contributed by atoms with Gasteiger partial charge in [0, 0.05) is 19.0 Å². The summed E-state index contributed by atoms with van der Waals surface area (Å²) in [6, 6.07) is 0. The van der Waals surface area contributed by atoms with Crippen LogP contribution in [-0.2, 0) is 18.3 Å². The minimum atomic E-state index is -0.810. The van der Waals surface area contributed by atoms with Crippen LogP contribution in [0.15, 0.2) is 0 Å². The average Bonchev–Trinajstić information content (AvgIpc) is 2.36. The number of aliphatic carboxylic acids is 1. The second kappa shape index (κ2) is 4.13. The molecule has 1 heterocycles. The lowest BCUT2D eigenvalue weighted by Crippen LogP contribution is -2.00. The van der Waals surface area contributed by atoms with Gasteiger partial charge >= 0.3 is 5.97 Å². The third-order valence-electron chi connectivity index (χ3n) is 2.07.